The van der Waals surface area contributed by atoms with Crippen LogP contribution >= 0.6 is 0 Å². The van der Waals surface area contributed by atoms with E-state index in [0.717, 1.165) is 26.1 Å². The average Bonchev–Trinajstić information content (AvgIpc) is 2.54. The molecule has 0 radical (unpaired) electrons. The summed E-state index contributed by atoms with van der Waals surface area (Å²) in [5.41, 5.74) is 1.25. The van der Waals surface area contributed by atoms with E-state index < -0.39 is 0 Å². The maximum absolute atomic E-state index is 9.31. The van der Waals surface area contributed by atoms with Gasteiger partial charge in [0.2, 0.25) is 0 Å². The summed E-state index contributed by atoms with van der Waals surface area (Å²) >= 11 is 0. The highest BCUT2D eigenvalue weighted by atomic mass is 16.3. The molecule has 1 aliphatic heterocycles. The summed E-state index contributed by atoms with van der Waals surface area (Å²) < 4.78 is 0. The predicted octanol–water partition coefficient (Wildman–Crippen LogP) is 1.36. The number of aliphatic hydroxyl groups is 1. The molecule has 1 N–H and O–H groups in total. The Morgan fingerprint density at radius 3 is 3.00 bits per heavy atom. The van der Waals surface area contributed by atoms with E-state index in [-0.39, 0.29) is 6.61 Å². The molecule has 0 amide bonds. The molecule has 1 aromatic rings. The minimum absolute atomic E-state index is 0.259. The van der Waals surface area contributed by atoms with Crippen LogP contribution in [0.1, 0.15) is 25.3 Å². The standard InChI is InChI=1S/C15H25N3O/c1-13-5-8-17(2)12-15(6-9-19)18(13)11-14-4-3-7-16-10-14/h3-4,7,10,13,15,19H,5-6,8-9,11-12H2,1-2H3. The molecular weight excluding hydrogens is 238 g/mol. The number of pyridine rings is 1. The average molecular weight is 263 g/mol. The molecule has 2 unspecified atom stereocenters. The van der Waals surface area contributed by atoms with E-state index in [1.165, 1.54) is 12.0 Å². The third-order valence-corrected chi connectivity index (χ3v) is 4.04. The van der Waals surface area contributed by atoms with Crippen LogP contribution in [-0.4, -0.2) is 58.7 Å². The zero-order valence-corrected chi connectivity index (χ0v) is 12.0. The zero-order valence-electron chi connectivity index (χ0n) is 12.0. The van der Waals surface area contributed by atoms with Gasteiger partial charge < -0.3 is 10.0 Å². The SMILES string of the molecule is CC1CCN(C)CC(CCO)N1Cc1cccnc1. The van der Waals surface area contributed by atoms with Crippen molar-refractivity contribution in [2.24, 2.45) is 0 Å². The lowest BCUT2D eigenvalue weighted by atomic mass is 10.1. The molecule has 1 aromatic heterocycles. The van der Waals surface area contributed by atoms with E-state index in [0.29, 0.717) is 12.1 Å². The van der Waals surface area contributed by atoms with E-state index >= 15 is 0 Å². The van der Waals surface area contributed by atoms with Crippen LogP contribution in [0.5, 0.6) is 0 Å². The normalized spacial score (nSPS) is 26.3. The monoisotopic (exact) mass is 263 g/mol. The van der Waals surface area contributed by atoms with E-state index in [2.05, 4.69) is 34.8 Å². The number of hydrogen-bond donors (Lipinski definition) is 1. The summed E-state index contributed by atoms with van der Waals surface area (Å²) in [6, 6.07) is 5.09. The number of hydrogen-bond acceptors (Lipinski definition) is 4. The van der Waals surface area contributed by atoms with Crippen LogP contribution in [0.2, 0.25) is 0 Å². The third kappa shape index (κ3) is 4.00. The van der Waals surface area contributed by atoms with E-state index in [1.807, 2.05) is 18.5 Å². The molecule has 0 bridgehead atoms. The van der Waals surface area contributed by atoms with Crippen molar-refractivity contribution in [3.05, 3.63) is 30.1 Å². The summed E-state index contributed by atoms with van der Waals surface area (Å²) in [4.78, 5) is 9.10. The second kappa shape index (κ2) is 6.98. The van der Waals surface area contributed by atoms with Gasteiger partial charge in [-0.3, -0.25) is 9.88 Å². The number of aliphatic hydroxyl groups excluding tert-OH is 1. The van der Waals surface area contributed by atoms with Gasteiger partial charge in [-0.25, -0.2) is 0 Å². The van der Waals surface area contributed by atoms with Gasteiger partial charge in [0.15, 0.2) is 0 Å². The van der Waals surface area contributed by atoms with Crippen molar-refractivity contribution in [1.29, 1.82) is 0 Å². The highest BCUT2D eigenvalue weighted by Gasteiger charge is 2.27. The van der Waals surface area contributed by atoms with Crippen molar-refractivity contribution in [3.8, 4) is 0 Å². The number of likely N-dealkylation sites (N-methyl/N-ethyl adjacent to an activating group) is 1. The molecule has 0 spiro atoms. The predicted molar refractivity (Wildman–Crippen MR) is 76.8 cm³/mol. The third-order valence-electron chi connectivity index (χ3n) is 4.04. The van der Waals surface area contributed by atoms with Crippen LogP contribution in [0.4, 0.5) is 0 Å². The summed E-state index contributed by atoms with van der Waals surface area (Å²) in [5.74, 6) is 0. The van der Waals surface area contributed by atoms with Gasteiger partial charge in [-0.05, 0) is 45.0 Å². The molecule has 0 aliphatic carbocycles. The summed E-state index contributed by atoms with van der Waals surface area (Å²) in [7, 11) is 2.17. The Labute approximate surface area is 116 Å². The minimum Gasteiger partial charge on any atom is -0.396 e. The first-order valence-corrected chi connectivity index (χ1v) is 7.14. The molecule has 1 aliphatic rings. The Balaban J connectivity index is 2.11. The Morgan fingerprint density at radius 1 is 1.47 bits per heavy atom. The van der Waals surface area contributed by atoms with Gasteiger partial charge in [-0.15, -0.1) is 0 Å². The van der Waals surface area contributed by atoms with E-state index in [9.17, 15) is 5.11 Å². The molecule has 0 saturated carbocycles. The molecule has 19 heavy (non-hydrogen) atoms. The quantitative estimate of drug-likeness (QED) is 0.890. The maximum Gasteiger partial charge on any atom is 0.0446 e. The lowest BCUT2D eigenvalue weighted by Gasteiger charge is -2.34. The summed E-state index contributed by atoms with van der Waals surface area (Å²) in [6.07, 6.45) is 5.78. The first kappa shape index (κ1) is 14.4. The van der Waals surface area contributed by atoms with Crippen LogP contribution in [-0.2, 0) is 6.54 Å². The highest BCUT2D eigenvalue weighted by Crippen LogP contribution is 2.20. The van der Waals surface area contributed by atoms with Crippen LogP contribution in [0.3, 0.4) is 0 Å². The van der Waals surface area contributed by atoms with Gasteiger partial charge in [0.25, 0.3) is 0 Å². The van der Waals surface area contributed by atoms with Gasteiger partial charge in [0.1, 0.15) is 0 Å². The molecule has 1 fully saturated rings. The van der Waals surface area contributed by atoms with Crippen molar-refractivity contribution in [3.63, 3.8) is 0 Å². The fraction of sp³-hybridized carbons (Fsp3) is 0.667. The first-order chi connectivity index (χ1) is 9.20. The highest BCUT2D eigenvalue weighted by molar-refractivity contribution is 5.09. The summed E-state index contributed by atoms with van der Waals surface area (Å²) in [5, 5.41) is 9.31. The van der Waals surface area contributed by atoms with E-state index in [1.54, 1.807) is 0 Å². The zero-order chi connectivity index (χ0) is 13.7. The van der Waals surface area contributed by atoms with E-state index in [4.69, 9.17) is 0 Å². The van der Waals surface area contributed by atoms with Gasteiger partial charge in [0, 0.05) is 44.2 Å². The van der Waals surface area contributed by atoms with Gasteiger partial charge in [-0.2, -0.15) is 0 Å². The Morgan fingerprint density at radius 2 is 2.32 bits per heavy atom. The molecule has 2 atom stereocenters. The second-order valence-electron chi connectivity index (χ2n) is 5.60. The molecule has 2 rings (SSSR count). The smallest absolute Gasteiger partial charge is 0.0446 e. The lowest BCUT2D eigenvalue weighted by Crippen LogP contribution is -2.43. The van der Waals surface area contributed by atoms with Gasteiger partial charge >= 0.3 is 0 Å². The van der Waals surface area contributed by atoms with Crippen LogP contribution < -0.4 is 0 Å². The Bertz CT molecular complexity index is 371. The summed E-state index contributed by atoms with van der Waals surface area (Å²) in [6.45, 7) is 5.64. The second-order valence-corrected chi connectivity index (χ2v) is 5.60. The lowest BCUT2D eigenvalue weighted by molar-refractivity contribution is 0.110. The maximum atomic E-state index is 9.31. The van der Waals surface area contributed by atoms with Crippen LogP contribution in [0.25, 0.3) is 0 Å². The van der Waals surface area contributed by atoms with Crippen molar-refractivity contribution >= 4 is 0 Å². The van der Waals surface area contributed by atoms with Gasteiger partial charge in [-0.1, -0.05) is 6.07 Å². The molecular formula is C15H25N3O. The molecule has 4 heteroatoms. The molecule has 106 valence electrons. The number of nitrogens with zero attached hydrogens (tertiary/aromatic N) is 3. The topological polar surface area (TPSA) is 39.6 Å². The number of aromatic nitrogens is 1. The fourth-order valence-electron chi connectivity index (χ4n) is 2.88. The minimum atomic E-state index is 0.259. The van der Waals surface area contributed by atoms with Crippen molar-refractivity contribution in [1.82, 2.24) is 14.8 Å². The molecule has 2 heterocycles. The molecule has 4 nitrogen and oxygen atoms in total. The fourth-order valence-corrected chi connectivity index (χ4v) is 2.88. The van der Waals surface area contributed by atoms with Gasteiger partial charge in [0.05, 0.1) is 0 Å². The van der Waals surface area contributed by atoms with Crippen molar-refractivity contribution < 1.29 is 5.11 Å². The first-order valence-electron chi connectivity index (χ1n) is 7.14. The van der Waals surface area contributed by atoms with Crippen molar-refractivity contribution in [2.75, 3.05) is 26.7 Å². The molecule has 0 aromatic carbocycles. The molecule has 1 saturated heterocycles. The Kier molecular flexibility index (Phi) is 5.31. The number of rotatable bonds is 4. The van der Waals surface area contributed by atoms with Crippen LogP contribution in [0.15, 0.2) is 24.5 Å². The van der Waals surface area contributed by atoms with Crippen molar-refractivity contribution in [2.45, 2.75) is 38.4 Å². The van der Waals surface area contributed by atoms with Crippen LogP contribution in [0, 0.1) is 0 Å². The largest absolute Gasteiger partial charge is 0.396 e. The Hall–Kier alpha value is -0.970.